The second-order valence-corrected chi connectivity index (χ2v) is 7.94. The summed E-state index contributed by atoms with van der Waals surface area (Å²) in [6, 6.07) is 6.42. The monoisotopic (exact) mass is 390 g/mol. The second-order valence-electron chi connectivity index (χ2n) is 7.94. The number of hydrogen-bond acceptors (Lipinski definition) is 4. The Morgan fingerprint density at radius 2 is 1.89 bits per heavy atom. The molecule has 0 aromatic heterocycles. The number of likely N-dealkylation sites (tertiary alicyclic amines) is 1. The highest BCUT2D eigenvalue weighted by atomic mass is 16.5. The van der Waals surface area contributed by atoms with Gasteiger partial charge in [-0.3, -0.25) is 14.4 Å². The third kappa shape index (κ3) is 4.90. The molecule has 2 N–H and O–H groups in total. The van der Waals surface area contributed by atoms with Crippen LogP contribution in [0.4, 0.5) is 0 Å². The molecule has 2 atom stereocenters. The summed E-state index contributed by atoms with van der Waals surface area (Å²) in [4.78, 5) is 39.1. The van der Waals surface area contributed by atoms with Crippen molar-refractivity contribution < 1.29 is 24.2 Å². The fraction of sp³-hybridized carbons (Fsp3) is 0.571. The van der Waals surface area contributed by atoms with Crippen molar-refractivity contribution in [1.29, 1.82) is 0 Å². The molecule has 1 aromatic carbocycles. The molecule has 28 heavy (non-hydrogen) atoms. The zero-order valence-corrected chi connectivity index (χ0v) is 17.0. The van der Waals surface area contributed by atoms with Gasteiger partial charge in [-0.25, -0.2) is 0 Å². The average Bonchev–Trinajstić information content (AvgIpc) is 2.66. The Kier molecular flexibility index (Phi) is 7.18. The minimum atomic E-state index is -1.11. The zero-order valence-electron chi connectivity index (χ0n) is 17.0. The van der Waals surface area contributed by atoms with Gasteiger partial charge >= 0.3 is 5.97 Å². The van der Waals surface area contributed by atoms with Gasteiger partial charge in [-0.2, -0.15) is 0 Å². The summed E-state index contributed by atoms with van der Waals surface area (Å²) >= 11 is 0. The first kappa shape index (κ1) is 21.9. The molecular formula is C21H30N2O5. The number of carbonyl (C=O) groups excluding carboxylic acids is 2. The lowest BCUT2D eigenvalue weighted by atomic mass is 9.80. The molecule has 2 rings (SSSR count). The summed E-state index contributed by atoms with van der Waals surface area (Å²) in [5.41, 5.74) is 0.428. The number of rotatable bonds is 7. The molecule has 0 spiro atoms. The normalized spacial score (nSPS) is 20.7. The van der Waals surface area contributed by atoms with Gasteiger partial charge in [0.1, 0.15) is 11.5 Å². The van der Waals surface area contributed by atoms with Gasteiger partial charge in [0.15, 0.2) is 0 Å². The minimum Gasteiger partial charge on any atom is -0.481 e. The van der Waals surface area contributed by atoms with E-state index in [1.807, 2.05) is 32.9 Å². The topological polar surface area (TPSA) is 95.9 Å². The van der Waals surface area contributed by atoms with E-state index in [1.54, 1.807) is 17.0 Å². The van der Waals surface area contributed by atoms with E-state index < -0.39 is 17.4 Å². The molecule has 1 fully saturated rings. The Morgan fingerprint density at radius 1 is 1.25 bits per heavy atom. The van der Waals surface area contributed by atoms with Gasteiger partial charge in [-0.1, -0.05) is 31.5 Å². The lowest BCUT2D eigenvalue weighted by molar-refractivity contribution is -0.159. The van der Waals surface area contributed by atoms with Crippen LogP contribution in [0.3, 0.4) is 0 Å². The highest BCUT2D eigenvalue weighted by Gasteiger charge is 2.45. The molecule has 7 heteroatoms. The van der Waals surface area contributed by atoms with E-state index in [1.165, 1.54) is 7.11 Å². The van der Waals surface area contributed by atoms with Crippen molar-refractivity contribution in [3.63, 3.8) is 0 Å². The molecule has 1 heterocycles. The summed E-state index contributed by atoms with van der Waals surface area (Å²) in [6.07, 6.45) is 1.04. The van der Waals surface area contributed by atoms with Crippen molar-refractivity contribution in [2.45, 2.75) is 39.7 Å². The van der Waals surface area contributed by atoms with Crippen molar-refractivity contribution in [3.8, 4) is 0 Å². The number of aryl methyl sites for hydroxylation is 1. The number of ether oxygens (including phenoxy) is 1. The first-order chi connectivity index (χ1) is 13.2. The van der Waals surface area contributed by atoms with Crippen molar-refractivity contribution in [3.05, 3.63) is 35.4 Å². The average molecular weight is 390 g/mol. The maximum absolute atomic E-state index is 13.2. The Labute approximate surface area is 166 Å². The molecule has 1 aromatic rings. The van der Waals surface area contributed by atoms with Gasteiger partial charge in [-0.05, 0) is 37.8 Å². The van der Waals surface area contributed by atoms with Crippen LogP contribution in [0.25, 0.3) is 0 Å². The number of carbonyl (C=O) groups is 3. The van der Waals surface area contributed by atoms with E-state index in [-0.39, 0.29) is 30.9 Å². The molecule has 0 saturated carbocycles. The summed E-state index contributed by atoms with van der Waals surface area (Å²) < 4.78 is 5.13. The fourth-order valence-electron chi connectivity index (χ4n) is 3.59. The maximum Gasteiger partial charge on any atom is 0.313 e. The third-order valence-electron chi connectivity index (χ3n) is 5.30. The Morgan fingerprint density at radius 3 is 2.43 bits per heavy atom. The number of carboxylic acids is 1. The van der Waals surface area contributed by atoms with E-state index >= 15 is 0 Å². The van der Waals surface area contributed by atoms with Gasteiger partial charge in [0, 0.05) is 25.8 Å². The van der Waals surface area contributed by atoms with Crippen molar-refractivity contribution in [2.24, 2.45) is 11.3 Å². The zero-order chi connectivity index (χ0) is 20.9. The molecule has 2 unspecified atom stereocenters. The summed E-state index contributed by atoms with van der Waals surface area (Å²) in [7, 11) is 1.46. The molecule has 0 aliphatic carbocycles. The maximum atomic E-state index is 13.2. The number of carboxylic acid groups (broad SMARTS) is 1. The molecule has 1 saturated heterocycles. The molecule has 154 valence electrons. The summed E-state index contributed by atoms with van der Waals surface area (Å²) in [5.74, 6) is -1.66. The second kappa shape index (κ2) is 9.19. The SMILES string of the molecule is COCC1(C(=O)O)CCCN(C(=O)C(NC(=O)c2ccc(C)cc2)C(C)C)C1. The van der Waals surface area contributed by atoms with Gasteiger partial charge < -0.3 is 20.1 Å². The predicted octanol–water partition coefficient (Wildman–Crippen LogP) is 2.09. The van der Waals surface area contributed by atoms with Crippen LogP contribution in [0.2, 0.25) is 0 Å². The summed E-state index contributed by atoms with van der Waals surface area (Å²) in [6.45, 7) is 6.27. The predicted molar refractivity (Wildman–Crippen MR) is 105 cm³/mol. The standard InChI is InChI=1S/C21H30N2O5/c1-14(2)17(22-18(24)16-8-6-15(3)7-9-16)19(25)23-11-5-10-21(12-23,13-28-4)20(26)27/h6-9,14,17H,5,10-13H2,1-4H3,(H,22,24)(H,26,27). The Balaban J connectivity index is 2.16. The van der Waals surface area contributed by atoms with E-state index in [0.29, 0.717) is 24.9 Å². The van der Waals surface area contributed by atoms with Crippen LogP contribution in [0.1, 0.15) is 42.6 Å². The van der Waals surface area contributed by atoms with Crippen molar-refractivity contribution in [2.75, 3.05) is 26.8 Å². The van der Waals surface area contributed by atoms with Crippen molar-refractivity contribution in [1.82, 2.24) is 10.2 Å². The first-order valence-corrected chi connectivity index (χ1v) is 9.59. The smallest absolute Gasteiger partial charge is 0.313 e. The van der Waals surface area contributed by atoms with Crippen LogP contribution in [-0.4, -0.2) is 60.6 Å². The molecule has 1 aliphatic heterocycles. The van der Waals surface area contributed by atoms with Crippen molar-refractivity contribution >= 4 is 17.8 Å². The summed E-state index contributed by atoms with van der Waals surface area (Å²) in [5, 5.41) is 12.5. The molecular weight excluding hydrogens is 360 g/mol. The lowest BCUT2D eigenvalue weighted by Crippen LogP contribution is -2.57. The largest absolute Gasteiger partial charge is 0.481 e. The van der Waals surface area contributed by atoms with Crippen LogP contribution < -0.4 is 5.32 Å². The van der Waals surface area contributed by atoms with E-state index in [2.05, 4.69) is 5.32 Å². The molecule has 1 aliphatic rings. The van der Waals surface area contributed by atoms with Gasteiger partial charge in [0.25, 0.3) is 5.91 Å². The molecule has 0 radical (unpaired) electrons. The minimum absolute atomic E-state index is 0.0498. The van der Waals surface area contributed by atoms with E-state index in [9.17, 15) is 19.5 Å². The fourth-order valence-corrected chi connectivity index (χ4v) is 3.59. The quantitative estimate of drug-likeness (QED) is 0.743. The molecule has 0 bridgehead atoms. The van der Waals surface area contributed by atoms with Crippen LogP contribution in [0.15, 0.2) is 24.3 Å². The first-order valence-electron chi connectivity index (χ1n) is 9.59. The van der Waals surface area contributed by atoms with Crippen LogP contribution >= 0.6 is 0 Å². The third-order valence-corrected chi connectivity index (χ3v) is 5.30. The number of hydrogen-bond donors (Lipinski definition) is 2. The number of nitrogens with zero attached hydrogens (tertiary/aromatic N) is 1. The number of piperidine rings is 1. The number of benzene rings is 1. The molecule has 2 amide bonds. The van der Waals surface area contributed by atoms with Gasteiger partial charge in [0.05, 0.1) is 6.61 Å². The number of aliphatic carboxylic acids is 1. The number of nitrogens with one attached hydrogen (secondary N) is 1. The van der Waals surface area contributed by atoms with Crippen LogP contribution in [0.5, 0.6) is 0 Å². The highest BCUT2D eigenvalue weighted by Crippen LogP contribution is 2.31. The van der Waals surface area contributed by atoms with Crippen LogP contribution in [-0.2, 0) is 14.3 Å². The van der Waals surface area contributed by atoms with E-state index in [4.69, 9.17) is 4.74 Å². The van der Waals surface area contributed by atoms with Gasteiger partial charge in [-0.15, -0.1) is 0 Å². The Bertz CT molecular complexity index is 712. The Hall–Kier alpha value is -2.41. The number of amides is 2. The van der Waals surface area contributed by atoms with Gasteiger partial charge in [0.2, 0.25) is 5.91 Å². The highest BCUT2D eigenvalue weighted by molar-refractivity contribution is 5.97. The molecule has 7 nitrogen and oxygen atoms in total. The van der Waals surface area contributed by atoms with E-state index in [0.717, 1.165) is 5.56 Å². The van der Waals surface area contributed by atoms with Crippen LogP contribution in [0, 0.1) is 18.3 Å². The number of methoxy groups -OCH3 is 1. The lowest BCUT2D eigenvalue weighted by Gasteiger charge is -2.41.